The Bertz CT molecular complexity index is 1470. The molecule has 42 heavy (non-hydrogen) atoms. The molecule has 8 nitrogen and oxygen atoms in total. The van der Waals surface area contributed by atoms with Gasteiger partial charge in [0, 0.05) is 18.2 Å². The third-order valence-corrected chi connectivity index (χ3v) is 9.45. The van der Waals surface area contributed by atoms with Crippen LogP contribution in [-0.2, 0) is 26.2 Å². The molecule has 3 aromatic rings. The van der Waals surface area contributed by atoms with Crippen LogP contribution in [0, 0.1) is 12.7 Å². The zero-order chi connectivity index (χ0) is 30.3. The summed E-state index contributed by atoms with van der Waals surface area (Å²) < 4.78 is 48.8. The number of nitrogens with one attached hydrogen (secondary N) is 1. The van der Waals surface area contributed by atoms with Gasteiger partial charge in [-0.2, -0.15) is 0 Å². The maximum atomic E-state index is 14.7. The molecule has 1 fully saturated rings. The van der Waals surface area contributed by atoms with E-state index < -0.39 is 34.3 Å². The molecule has 10 heteroatoms. The van der Waals surface area contributed by atoms with Crippen LogP contribution in [0.1, 0.15) is 50.2 Å². The van der Waals surface area contributed by atoms with Gasteiger partial charge in [-0.25, -0.2) is 12.8 Å². The zero-order valence-electron chi connectivity index (χ0n) is 24.3. The Balaban J connectivity index is 1.68. The molecule has 0 bridgehead atoms. The van der Waals surface area contributed by atoms with Crippen molar-refractivity contribution in [1.82, 2.24) is 10.2 Å². The SMILES string of the molecule is COc1ccc(N(CC(=O)N(Cc2ccccc2F)[C@H](C)C(=O)NC2CCCCC2)S(=O)(=O)c2ccc(C)cc2)cc1. The summed E-state index contributed by atoms with van der Waals surface area (Å²) in [6.45, 7) is 2.63. The number of carbonyl (C=O) groups is 2. The van der Waals surface area contributed by atoms with Crippen LogP contribution < -0.4 is 14.4 Å². The number of sulfonamides is 1. The van der Waals surface area contributed by atoms with Crippen molar-refractivity contribution in [1.29, 1.82) is 0 Å². The van der Waals surface area contributed by atoms with Gasteiger partial charge in [0.2, 0.25) is 11.8 Å². The van der Waals surface area contributed by atoms with Crippen molar-refractivity contribution in [2.75, 3.05) is 18.0 Å². The van der Waals surface area contributed by atoms with Crippen LogP contribution in [0.25, 0.3) is 0 Å². The minimum absolute atomic E-state index is 0.0110. The highest BCUT2D eigenvalue weighted by Gasteiger charge is 2.33. The molecular formula is C32H38FN3O5S. The second-order valence-electron chi connectivity index (χ2n) is 10.7. The molecule has 1 N–H and O–H groups in total. The molecule has 0 aliphatic heterocycles. The van der Waals surface area contributed by atoms with Crippen molar-refractivity contribution in [3.63, 3.8) is 0 Å². The molecule has 2 amide bonds. The molecule has 0 saturated heterocycles. The maximum absolute atomic E-state index is 14.7. The number of benzene rings is 3. The van der Waals surface area contributed by atoms with Gasteiger partial charge in [-0.05, 0) is 69.2 Å². The predicted molar refractivity (Wildman–Crippen MR) is 160 cm³/mol. The van der Waals surface area contributed by atoms with E-state index in [1.807, 2.05) is 6.92 Å². The summed E-state index contributed by atoms with van der Waals surface area (Å²) in [5.41, 5.74) is 1.35. The first-order valence-corrected chi connectivity index (χ1v) is 15.6. The van der Waals surface area contributed by atoms with Crippen molar-refractivity contribution in [3.8, 4) is 5.75 Å². The molecule has 0 unspecified atom stereocenters. The number of nitrogens with zero attached hydrogens (tertiary/aromatic N) is 2. The number of amides is 2. The van der Waals surface area contributed by atoms with Gasteiger partial charge in [0.25, 0.3) is 10.0 Å². The Kier molecular flexibility index (Phi) is 10.2. The van der Waals surface area contributed by atoms with Crippen LogP contribution in [0.2, 0.25) is 0 Å². The Labute approximate surface area is 247 Å². The van der Waals surface area contributed by atoms with Crippen molar-refractivity contribution >= 4 is 27.5 Å². The lowest BCUT2D eigenvalue weighted by molar-refractivity contribution is -0.139. The highest BCUT2D eigenvalue weighted by atomic mass is 32.2. The van der Waals surface area contributed by atoms with E-state index in [4.69, 9.17) is 4.74 Å². The van der Waals surface area contributed by atoms with Crippen molar-refractivity contribution < 1.29 is 27.1 Å². The summed E-state index contributed by atoms with van der Waals surface area (Å²) in [6, 6.07) is 17.7. The molecule has 1 atom stereocenters. The van der Waals surface area contributed by atoms with E-state index >= 15 is 0 Å². The Hall–Kier alpha value is -3.92. The number of hydrogen-bond donors (Lipinski definition) is 1. The molecule has 224 valence electrons. The van der Waals surface area contributed by atoms with Gasteiger partial charge in [-0.3, -0.25) is 13.9 Å². The van der Waals surface area contributed by atoms with Gasteiger partial charge in [0.15, 0.2) is 0 Å². The fourth-order valence-electron chi connectivity index (χ4n) is 5.08. The Morgan fingerprint density at radius 2 is 1.62 bits per heavy atom. The molecule has 0 heterocycles. The molecular weight excluding hydrogens is 557 g/mol. The maximum Gasteiger partial charge on any atom is 0.264 e. The highest BCUT2D eigenvalue weighted by molar-refractivity contribution is 7.92. The van der Waals surface area contributed by atoms with E-state index in [0.717, 1.165) is 42.0 Å². The number of halogens is 1. The fraction of sp³-hybridized carbons (Fsp3) is 0.375. The van der Waals surface area contributed by atoms with Crippen LogP contribution in [0.5, 0.6) is 5.75 Å². The molecule has 1 aliphatic rings. The number of hydrogen-bond acceptors (Lipinski definition) is 5. The van der Waals surface area contributed by atoms with Gasteiger partial charge in [-0.15, -0.1) is 0 Å². The monoisotopic (exact) mass is 595 g/mol. The van der Waals surface area contributed by atoms with Crippen molar-refractivity contribution in [2.24, 2.45) is 0 Å². The van der Waals surface area contributed by atoms with Gasteiger partial charge >= 0.3 is 0 Å². The third-order valence-electron chi connectivity index (χ3n) is 7.67. The standard InChI is InChI=1S/C32H38FN3O5S/c1-23-13-19-29(20-14-23)42(39,40)36(27-15-17-28(41-3)18-16-27)22-31(37)35(21-25-9-7-8-12-30(25)33)24(2)32(38)34-26-10-5-4-6-11-26/h7-9,12-20,24,26H,4-6,10-11,21-22H2,1-3H3,(H,34,38)/t24-/m1/s1. The van der Waals surface area contributed by atoms with Crippen LogP contribution in [0.15, 0.2) is 77.7 Å². The highest BCUT2D eigenvalue weighted by Crippen LogP contribution is 2.27. The average molecular weight is 596 g/mol. The molecule has 3 aromatic carbocycles. The lowest BCUT2D eigenvalue weighted by Gasteiger charge is -2.33. The number of methoxy groups -OCH3 is 1. The van der Waals surface area contributed by atoms with Crippen molar-refractivity contribution in [2.45, 2.75) is 69.5 Å². The Morgan fingerprint density at radius 1 is 0.976 bits per heavy atom. The van der Waals surface area contributed by atoms with Gasteiger partial charge in [0.1, 0.15) is 24.2 Å². The number of carbonyl (C=O) groups excluding carboxylic acids is 2. The molecule has 1 aliphatic carbocycles. The topological polar surface area (TPSA) is 96.0 Å². The molecule has 0 radical (unpaired) electrons. The van der Waals surface area contributed by atoms with Crippen LogP contribution in [-0.4, -0.2) is 50.9 Å². The summed E-state index contributed by atoms with van der Waals surface area (Å²) >= 11 is 0. The minimum atomic E-state index is -4.20. The summed E-state index contributed by atoms with van der Waals surface area (Å²) in [4.78, 5) is 28.7. The normalized spacial score (nSPS) is 14.6. The van der Waals surface area contributed by atoms with Gasteiger partial charge in [0.05, 0.1) is 17.7 Å². The van der Waals surface area contributed by atoms with E-state index in [2.05, 4.69) is 5.32 Å². The first-order valence-electron chi connectivity index (χ1n) is 14.2. The number of ether oxygens (including phenoxy) is 1. The summed E-state index contributed by atoms with van der Waals surface area (Å²) in [5.74, 6) is -0.999. The number of rotatable bonds is 11. The van der Waals surface area contributed by atoms with E-state index in [-0.39, 0.29) is 34.6 Å². The molecule has 4 rings (SSSR count). The van der Waals surface area contributed by atoms with Crippen molar-refractivity contribution in [3.05, 3.63) is 89.7 Å². The van der Waals surface area contributed by atoms with E-state index in [1.165, 1.54) is 30.2 Å². The Morgan fingerprint density at radius 3 is 2.24 bits per heavy atom. The summed E-state index contributed by atoms with van der Waals surface area (Å²) in [6.07, 6.45) is 4.88. The second-order valence-corrected chi connectivity index (χ2v) is 12.5. The first-order chi connectivity index (χ1) is 20.1. The second kappa shape index (κ2) is 13.8. The third kappa shape index (κ3) is 7.47. The van der Waals surface area contributed by atoms with E-state index in [9.17, 15) is 22.4 Å². The summed E-state index contributed by atoms with van der Waals surface area (Å²) in [5, 5.41) is 3.04. The summed E-state index contributed by atoms with van der Waals surface area (Å²) in [7, 11) is -2.70. The van der Waals surface area contributed by atoms with Crippen LogP contribution >= 0.6 is 0 Å². The zero-order valence-corrected chi connectivity index (χ0v) is 25.1. The fourth-order valence-corrected chi connectivity index (χ4v) is 6.49. The lowest BCUT2D eigenvalue weighted by atomic mass is 9.95. The number of anilines is 1. The smallest absolute Gasteiger partial charge is 0.264 e. The van der Waals surface area contributed by atoms with E-state index in [0.29, 0.717) is 5.75 Å². The molecule has 1 saturated carbocycles. The van der Waals surface area contributed by atoms with Gasteiger partial charge in [-0.1, -0.05) is 55.2 Å². The molecule has 0 aromatic heterocycles. The number of aryl methyl sites for hydroxylation is 1. The van der Waals surface area contributed by atoms with Gasteiger partial charge < -0.3 is 15.0 Å². The minimum Gasteiger partial charge on any atom is -0.497 e. The van der Waals surface area contributed by atoms with Crippen LogP contribution in [0.3, 0.4) is 0 Å². The predicted octanol–water partition coefficient (Wildman–Crippen LogP) is 5.20. The first kappa shape index (κ1) is 31.0. The van der Waals surface area contributed by atoms with Crippen LogP contribution in [0.4, 0.5) is 10.1 Å². The lowest BCUT2D eigenvalue weighted by Crippen LogP contribution is -2.53. The quantitative estimate of drug-likeness (QED) is 0.329. The largest absolute Gasteiger partial charge is 0.497 e. The average Bonchev–Trinajstić information content (AvgIpc) is 2.99. The van der Waals surface area contributed by atoms with E-state index in [1.54, 1.807) is 61.5 Å². The molecule has 0 spiro atoms.